The Balaban J connectivity index is 2.42. The highest BCUT2D eigenvalue weighted by atomic mass is 16.5. The van der Waals surface area contributed by atoms with Gasteiger partial charge in [0.05, 0.1) is 17.9 Å². The maximum absolute atomic E-state index is 12.0. The first kappa shape index (κ1) is 15.2. The normalized spacial score (nSPS) is 10.7. The van der Waals surface area contributed by atoms with Gasteiger partial charge in [0.1, 0.15) is 0 Å². The molecule has 0 saturated carbocycles. The monoisotopic (exact) mass is 284 g/mol. The lowest BCUT2D eigenvalue weighted by atomic mass is 10.0. The molecule has 0 N–H and O–H groups in total. The van der Waals surface area contributed by atoms with Gasteiger partial charge in [-0.05, 0) is 19.3 Å². The van der Waals surface area contributed by atoms with Crippen molar-refractivity contribution in [2.75, 3.05) is 6.61 Å². The Labute approximate surface area is 125 Å². The molecule has 0 aliphatic carbocycles. The van der Waals surface area contributed by atoms with E-state index in [2.05, 4.69) is 23.8 Å². The largest absolute Gasteiger partial charge is 0.462 e. The summed E-state index contributed by atoms with van der Waals surface area (Å²) in [5, 5.41) is 0. The molecule has 0 saturated heterocycles. The molecule has 0 atom stereocenters. The molecule has 1 aromatic heterocycles. The molecule has 0 spiro atoms. The molecular weight excluding hydrogens is 264 g/mol. The van der Waals surface area contributed by atoms with Gasteiger partial charge in [0.25, 0.3) is 0 Å². The Hall–Kier alpha value is -2.23. The lowest BCUT2D eigenvalue weighted by molar-refractivity contribution is 0.0524. The molecule has 4 heteroatoms. The van der Waals surface area contributed by atoms with Gasteiger partial charge in [-0.2, -0.15) is 0 Å². The Kier molecular flexibility index (Phi) is 5.04. The molecule has 0 aliphatic heterocycles. The summed E-state index contributed by atoms with van der Waals surface area (Å²) in [7, 11) is 0. The van der Waals surface area contributed by atoms with Crippen molar-refractivity contribution in [1.29, 1.82) is 0 Å². The third kappa shape index (κ3) is 3.88. The van der Waals surface area contributed by atoms with E-state index in [0.717, 1.165) is 17.7 Å². The molecule has 110 valence electrons. The summed E-state index contributed by atoms with van der Waals surface area (Å²) in [6.45, 7) is 6.33. The van der Waals surface area contributed by atoms with E-state index in [4.69, 9.17) is 4.74 Å². The number of carbonyl (C=O) groups excluding carboxylic acids is 1. The van der Waals surface area contributed by atoms with Crippen molar-refractivity contribution < 1.29 is 9.53 Å². The van der Waals surface area contributed by atoms with Gasteiger partial charge in [0.2, 0.25) is 0 Å². The highest BCUT2D eigenvalue weighted by Gasteiger charge is 2.17. The number of ether oxygens (including phenoxy) is 1. The number of esters is 1. The van der Waals surface area contributed by atoms with Crippen molar-refractivity contribution in [3.8, 4) is 11.4 Å². The van der Waals surface area contributed by atoms with Crippen molar-refractivity contribution in [3.63, 3.8) is 0 Å². The van der Waals surface area contributed by atoms with E-state index in [-0.39, 0.29) is 5.97 Å². The maximum atomic E-state index is 12.0. The molecule has 0 aliphatic rings. The zero-order valence-electron chi connectivity index (χ0n) is 12.7. The molecule has 1 heterocycles. The number of rotatable bonds is 5. The lowest BCUT2D eigenvalue weighted by Gasteiger charge is -2.11. The van der Waals surface area contributed by atoms with Gasteiger partial charge in [-0.3, -0.25) is 0 Å². The first-order chi connectivity index (χ1) is 10.1. The molecule has 2 aromatic rings. The highest BCUT2D eigenvalue weighted by Crippen LogP contribution is 2.18. The number of hydrogen-bond donors (Lipinski definition) is 0. The van der Waals surface area contributed by atoms with Crippen LogP contribution in [0.1, 0.15) is 36.8 Å². The minimum atomic E-state index is -0.354. The minimum Gasteiger partial charge on any atom is -0.462 e. The van der Waals surface area contributed by atoms with Crippen molar-refractivity contribution in [2.24, 2.45) is 5.92 Å². The third-order valence-electron chi connectivity index (χ3n) is 3.00. The first-order valence-corrected chi connectivity index (χ1v) is 7.20. The second-order valence-electron chi connectivity index (χ2n) is 5.24. The van der Waals surface area contributed by atoms with Gasteiger partial charge >= 0.3 is 5.97 Å². The molecular formula is C17H20N2O2. The number of benzene rings is 1. The van der Waals surface area contributed by atoms with Crippen LogP contribution in [0.15, 0.2) is 36.5 Å². The fraction of sp³-hybridized carbons (Fsp3) is 0.353. The van der Waals surface area contributed by atoms with E-state index in [1.54, 1.807) is 13.1 Å². The highest BCUT2D eigenvalue weighted by molar-refractivity contribution is 5.90. The van der Waals surface area contributed by atoms with Gasteiger partial charge in [-0.1, -0.05) is 44.2 Å². The van der Waals surface area contributed by atoms with Gasteiger partial charge < -0.3 is 4.74 Å². The summed E-state index contributed by atoms with van der Waals surface area (Å²) in [5.41, 5.74) is 2.15. The molecule has 0 amide bonds. The van der Waals surface area contributed by atoms with Crippen LogP contribution in [0.4, 0.5) is 0 Å². The zero-order valence-corrected chi connectivity index (χ0v) is 12.7. The summed E-state index contributed by atoms with van der Waals surface area (Å²) in [5.74, 6) is 0.684. The van der Waals surface area contributed by atoms with Crippen LogP contribution in [0.3, 0.4) is 0 Å². The molecule has 1 aromatic carbocycles. The Morgan fingerprint density at radius 3 is 2.57 bits per heavy atom. The van der Waals surface area contributed by atoms with E-state index in [9.17, 15) is 4.79 Å². The van der Waals surface area contributed by atoms with E-state index in [1.807, 2.05) is 30.3 Å². The summed E-state index contributed by atoms with van der Waals surface area (Å²) in [6.07, 6.45) is 2.29. The maximum Gasteiger partial charge on any atom is 0.341 e. The predicted octanol–water partition coefficient (Wildman–Crippen LogP) is 3.52. The summed E-state index contributed by atoms with van der Waals surface area (Å²) < 4.78 is 5.08. The second kappa shape index (κ2) is 6.97. The minimum absolute atomic E-state index is 0.348. The van der Waals surface area contributed by atoms with Gasteiger partial charge in [-0.15, -0.1) is 0 Å². The van der Waals surface area contributed by atoms with E-state index >= 15 is 0 Å². The molecule has 21 heavy (non-hydrogen) atoms. The van der Waals surface area contributed by atoms with Crippen LogP contribution in [-0.2, 0) is 11.2 Å². The lowest BCUT2D eigenvalue weighted by Crippen LogP contribution is -2.13. The molecule has 0 fully saturated rings. The number of carbonyl (C=O) groups is 1. The predicted molar refractivity (Wildman–Crippen MR) is 82.0 cm³/mol. The number of hydrogen-bond acceptors (Lipinski definition) is 4. The fourth-order valence-corrected chi connectivity index (χ4v) is 2.07. The molecule has 0 radical (unpaired) electrons. The number of nitrogens with zero attached hydrogens (tertiary/aromatic N) is 2. The van der Waals surface area contributed by atoms with E-state index in [1.165, 1.54) is 0 Å². The van der Waals surface area contributed by atoms with Crippen LogP contribution in [0, 0.1) is 5.92 Å². The van der Waals surface area contributed by atoms with Gasteiger partial charge in [0.15, 0.2) is 5.82 Å². The fourth-order valence-electron chi connectivity index (χ4n) is 2.07. The van der Waals surface area contributed by atoms with Crippen LogP contribution >= 0.6 is 0 Å². The Morgan fingerprint density at radius 1 is 1.24 bits per heavy atom. The van der Waals surface area contributed by atoms with Crippen molar-refractivity contribution >= 4 is 5.97 Å². The van der Waals surface area contributed by atoms with E-state index < -0.39 is 0 Å². The molecule has 0 unspecified atom stereocenters. The smallest absolute Gasteiger partial charge is 0.341 e. The zero-order chi connectivity index (χ0) is 15.2. The van der Waals surface area contributed by atoms with Crippen LogP contribution < -0.4 is 0 Å². The van der Waals surface area contributed by atoms with Crippen molar-refractivity contribution in [1.82, 2.24) is 9.97 Å². The van der Waals surface area contributed by atoms with Crippen LogP contribution in [0.25, 0.3) is 11.4 Å². The van der Waals surface area contributed by atoms with Crippen LogP contribution in [0.2, 0.25) is 0 Å². The van der Waals surface area contributed by atoms with Crippen molar-refractivity contribution in [2.45, 2.75) is 27.2 Å². The first-order valence-electron chi connectivity index (χ1n) is 7.20. The van der Waals surface area contributed by atoms with E-state index in [0.29, 0.717) is 23.9 Å². The second-order valence-corrected chi connectivity index (χ2v) is 5.24. The van der Waals surface area contributed by atoms with Gasteiger partial charge in [-0.25, -0.2) is 14.8 Å². The average Bonchev–Trinajstić information content (AvgIpc) is 2.47. The quantitative estimate of drug-likeness (QED) is 0.788. The average molecular weight is 284 g/mol. The van der Waals surface area contributed by atoms with Crippen LogP contribution in [0.5, 0.6) is 0 Å². The third-order valence-corrected chi connectivity index (χ3v) is 3.00. The summed E-state index contributed by atoms with van der Waals surface area (Å²) in [4.78, 5) is 20.9. The SMILES string of the molecule is CCOC(=O)c1cnc(-c2ccccc2)nc1CC(C)C. The molecule has 0 bridgehead atoms. The Bertz CT molecular complexity index is 609. The van der Waals surface area contributed by atoms with Gasteiger partial charge in [0, 0.05) is 11.8 Å². The summed E-state index contributed by atoms with van der Waals surface area (Å²) >= 11 is 0. The van der Waals surface area contributed by atoms with Crippen LogP contribution in [-0.4, -0.2) is 22.5 Å². The topological polar surface area (TPSA) is 52.1 Å². The standard InChI is InChI=1S/C17H20N2O2/c1-4-21-17(20)14-11-18-16(13-8-6-5-7-9-13)19-15(14)10-12(2)3/h5-9,11-12H,4,10H2,1-3H3. The molecule has 2 rings (SSSR count). The Morgan fingerprint density at radius 2 is 1.95 bits per heavy atom. The number of aromatic nitrogens is 2. The summed E-state index contributed by atoms with van der Waals surface area (Å²) in [6, 6.07) is 9.75. The van der Waals surface area contributed by atoms with Crippen molar-refractivity contribution in [3.05, 3.63) is 47.8 Å². The molecule has 4 nitrogen and oxygen atoms in total.